The normalized spacial score (nSPS) is 22.3. The van der Waals surface area contributed by atoms with E-state index in [0.29, 0.717) is 39.1 Å². The third kappa shape index (κ3) is 9.22. The number of carbonyl (C=O) groups is 1. The van der Waals surface area contributed by atoms with E-state index in [2.05, 4.69) is 5.32 Å². The SMILES string of the molecule is C1CC2(CCN1)OCCO2.FC(F)(F)C(c1ccccc1)N1CCC2(CC1)OCCO2.O=C(c1ccccc1)C(F)(F)F. The van der Waals surface area contributed by atoms with Gasteiger partial charge in [0.05, 0.1) is 26.4 Å². The average Bonchev–Trinajstić information content (AvgIpc) is 3.65. The van der Waals surface area contributed by atoms with Crippen molar-refractivity contribution >= 4 is 5.78 Å². The number of alkyl halides is 6. The fourth-order valence-electron chi connectivity index (χ4n) is 5.50. The molecular formula is C30H36F6N2O5. The van der Waals surface area contributed by atoms with Gasteiger partial charge in [-0.2, -0.15) is 26.3 Å². The summed E-state index contributed by atoms with van der Waals surface area (Å²) in [6.07, 6.45) is -6.09. The topological polar surface area (TPSA) is 69.3 Å². The molecule has 0 amide bonds. The molecule has 4 saturated heterocycles. The zero-order chi connectivity index (χ0) is 31.0. The molecule has 0 saturated carbocycles. The molecule has 4 aliphatic heterocycles. The van der Waals surface area contributed by atoms with Gasteiger partial charge in [-0.3, -0.25) is 9.69 Å². The molecule has 1 unspecified atom stereocenters. The van der Waals surface area contributed by atoms with Crippen LogP contribution in [0.1, 0.15) is 47.6 Å². The van der Waals surface area contributed by atoms with E-state index in [1.807, 2.05) is 0 Å². The highest BCUT2D eigenvalue weighted by Gasteiger charge is 2.49. The van der Waals surface area contributed by atoms with Crippen LogP contribution in [0, 0.1) is 0 Å². The summed E-state index contributed by atoms with van der Waals surface area (Å²) in [5.74, 6) is -2.64. The van der Waals surface area contributed by atoms with Crippen LogP contribution >= 0.6 is 0 Å². The van der Waals surface area contributed by atoms with Crippen LogP contribution in [-0.2, 0) is 18.9 Å². The van der Waals surface area contributed by atoms with Crippen LogP contribution in [0.15, 0.2) is 60.7 Å². The Kier molecular flexibility index (Phi) is 11.2. The van der Waals surface area contributed by atoms with Crippen LogP contribution < -0.4 is 5.32 Å². The lowest BCUT2D eigenvalue weighted by Gasteiger charge is -2.41. The lowest BCUT2D eigenvalue weighted by atomic mass is 9.98. The third-order valence-electron chi connectivity index (χ3n) is 7.64. The highest BCUT2D eigenvalue weighted by atomic mass is 19.4. The predicted octanol–water partition coefficient (Wildman–Crippen LogP) is 5.67. The number of piperidine rings is 2. The van der Waals surface area contributed by atoms with E-state index >= 15 is 0 Å². The molecule has 0 aromatic heterocycles. The van der Waals surface area contributed by atoms with Gasteiger partial charge in [0.15, 0.2) is 11.6 Å². The van der Waals surface area contributed by atoms with Crippen molar-refractivity contribution in [3.8, 4) is 0 Å². The van der Waals surface area contributed by atoms with Gasteiger partial charge in [-0.05, 0) is 5.56 Å². The van der Waals surface area contributed by atoms with Crippen molar-refractivity contribution in [3.63, 3.8) is 0 Å². The second-order valence-electron chi connectivity index (χ2n) is 10.5. The van der Waals surface area contributed by atoms with Gasteiger partial charge < -0.3 is 24.3 Å². The number of benzene rings is 2. The molecule has 13 heteroatoms. The molecule has 43 heavy (non-hydrogen) atoms. The molecule has 7 nitrogen and oxygen atoms in total. The summed E-state index contributed by atoms with van der Waals surface area (Å²) in [6.45, 7) is 5.31. The van der Waals surface area contributed by atoms with Crippen LogP contribution in [-0.4, -0.2) is 87.2 Å². The lowest BCUT2D eigenvalue weighted by molar-refractivity contribution is -0.221. The maximum Gasteiger partial charge on any atom is 0.454 e. The Morgan fingerprint density at radius 2 is 1.14 bits per heavy atom. The lowest BCUT2D eigenvalue weighted by Crippen LogP contribution is -2.49. The molecule has 4 heterocycles. The summed E-state index contributed by atoms with van der Waals surface area (Å²) in [5, 5.41) is 3.28. The monoisotopic (exact) mass is 618 g/mol. The van der Waals surface area contributed by atoms with Gasteiger partial charge in [-0.1, -0.05) is 60.7 Å². The van der Waals surface area contributed by atoms with Crippen molar-refractivity contribution in [1.29, 1.82) is 0 Å². The van der Waals surface area contributed by atoms with Gasteiger partial charge in [-0.25, -0.2) is 0 Å². The highest BCUT2D eigenvalue weighted by molar-refractivity contribution is 6.00. The number of rotatable bonds is 3. The number of nitrogens with one attached hydrogen (secondary N) is 1. The number of likely N-dealkylation sites (tertiary alicyclic amines) is 1. The van der Waals surface area contributed by atoms with Crippen molar-refractivity contribution in [2.45, 2.75) is 55.7 Å². The first-order valence-electron chi connectivity index (χ1n) is 14.2. The van der Waals surface area contributed by atoms with Gasteiger partial charge >= 0.3 is 12.4 Å². The second-order valence-corrected chi connectivity index (χ2v) is 10.5. The van der Waals surface area contributed by atoms with E-state index in [4.69, 9.17) is 18.9 Å². The standard InChI is InChI=1S/C15H18F3NO2.C8H5F3O.C7H13NO2/c16-15(17,18)13(12-4-2-1-3-5-12)19-8-6-14(7-9-19)20-10-11-21-14;9-8(10,11)7(12)6-4-2-1-3-5-6;1-3-8-4-2-7(1)9-5-6-10-7/h1-5,13H,6-11H2;1-5H;8H,1-6H2. The molecule has 1 atom stereocenters. The van der Waals surface area contributed by atoms with E-state index < -0.39 is 30.0 Å². The minimum atomic E-state index is -4.78. The fraction of sp³-hybridized carbons (Fsp3) is 0.567. The van der Waals surface area contributed by atoms with Crippen LogP contribution in [0.4, 0.5) is 26.3 Å². The Balaban J connectivity index is 0.000000162. The summed E-state index contributed by atoms with van der Waals surface area (Å²) in [7, 11) is 0. The van der Waals surface area contributed by atoms with Crippen molar-refractivity contribution in [3.05, 3.63) is 71.8 Å². The van der Waals surface area contributed by atoms with Gasteiger partial charge in [0, 0.05) is 57.4 Å². The van der Waals surface area contributed by atoms with Gasteiger partial charge in [0.25, 0.3) is 5.78 Å². The largest absolute Gasteiger partial charge is 0.454 e. The molecule has 0 aliphatic carbocycles. The first kappa shape index (κ1) is 33.3. The van der Waals surface area contributed by atoms with Gasteiger partial charge in [0.1, 0.15) is 6.04 Å². The summed E-state index contributed by atoms with van der Waals surface area (Å²) in [5.41, 5.74) is -0.0424. The number of carbonyl (C=O) groups excluding carboxylic acids is 1. The maximum absolute atomic E-state index is 13.5. The van der Waals surface area contributed by atoms with E-state index in [1.54, 1.807) is 24.3 Å². The van der Waals surface area contributed by atoms with Crippen molar-refractivity contribution in [1.82, 2.24) is 10.2 Å². The Hall–Kier alpha value is -2.55. The van der Waals surface area contributed by atoms with Crippen LogP contribution in [0.3, 0.4) is 0 Å². The molecule has 1 N–H and O–H groups in total. The zero-order valence-corrected chi connectivity index (χ0v) is 23.6. The van der Waals surface area contributed by atoms with Crippen LogP contribution in [0.5, 0.6) is 0 Å². The molecule has 4 fully saturated rings. The molecule has 238 valence electrons. The van der Waals surface area contributed by atoms with Crippen molar-refractivity contribution in [2.24, 2.45) is 0 Å². The zero-order valence-electron chi connectivity index (χ0n) is 23.6. The van der Waals surface area contributed by atoms with Crippen LogP contribution in [0.2, 0.25) is 0 Å². The summed E-state index contributed by atoms with van der Waals surface area (Å²) in [6, 6.07) is 13.1. The smallest absolute Gasteiger partial charge is 0.347 e. The molecule has 4 aliphatic rings. The number of nitrogens with zero attached hydrogens (tertiary/aromatic N) is 1. The van der Waals surface area contributed by atoms with Crippen molar-refractivity contribution < 1.29 is 50.1 Å². The number of hydrogen-bond donors (Lipinski definition) is 1. The van der Waals surface area contributed by atoms with E-state index in [0.717, 1.165) is 51.3 Å². The number of ether oxygens (including phenoxy) is 4. The molecule has 0 radical (unpaired) electrons. The quantitative estimate of drug-likeness (QED) is 0.351. The summed E-state index contributed by atoms with van der Waals surface area (Å²) >= 11 is 0. The summed E-state index contributed by atoms with van der Waals surface area (Å²) < 4.78 is 97.9. The van der Waals surface area contributed by atoms with Gasteiger partial charge in [-0.15, -0.1) is 0 Å². The van der Waals surface area contributed by atoms with E-state index in [1.165, 1.54) is 29.2 Å². The number of hydrogen-bond acceptors (Lipinski definition) is 7. The Morgan fingerprint density at radius 1 is 0.698 bits per heavy atom. The highest BCUT2D eigenvalue weighted by Crippen LogP contribution is 2.41. The first-order valence-corrected chi connectivity index (χ1v) is 14.2. The predicted molar refractivity (Wildman–Crippen MR) is 144 cm³/mol. The Bertz CT molecular complexity index is 1120. The van der Waals surface area contributed by atoms with Crippen molar-refractivity contribution in [2.75, 3.05) is 52.6 Å². The fourth-order valence-corrected chi connectivity index (χ4v) is 5.50. The molecular weight excluding hydrogens is 582 g/mol. The second kappa shape index (κ2) is 14.5. The molecule has 6 rings (SSSR count). The minimum absolute atomic E-state index is 0.189. The van der Waals surface area contributed by atoms with Gasteiger partial charge in [0.2, 0.25) is 0 Å². The van der Waals surface area contributed by atoms with Crippen LogP contribution in [0.25, 0.3) is 0 Å². The minimum Gasteiger partial charge on any atom is -0.347 e. The first-order chi connectivity index (χ1) is 20.4. The molecule has 2 spiro atoms. The third-order valence-corrected chi connectivity index (χ3v) is 7.64. The average molecular weight is 619 g/mol. The maximum atomic E-state index is 13.5. The number of halogens is 6. The Morgan fingerprint density at radius 3 is 1.58 bits per heavy atom. The molecule has 2 aromatic rings. The molecule has 2 aromatic carbocycles. The summed E-state index contributed by atoms with van der Waals surface area (Å²) in [4.78, 5) is 12.0. The molecule has 0 bridgehead atoms. The number of ketones is 1. The van der Waals surface area contributed by atoms with E-state index in [-0.39, 0.29) is 16.9 Å². The number of Topliss-reactive ketones (excluding diaryl/α,β-unsaturated/α-hetero) is 1. The Labute approximate surface area is 246 Å². The van der Waals surface area contributed by atoms with E-state index in [9.17, 15) is 31.1 Å².